The Kier molecular flexibility index (Phi) is 3.38. The molecule has 0 fully saturated rings. The average Bonchev–Trinajstić information content (AvgIpc) is 2.61. The van der Waals surface area contributed by atoms with E-state index in [-0.39, 0.29) is 18.0 Å². The van der Waals surface area contributed by atoms with Gasteiger partial charge in [0.05, 0.1) is 0 Å². The number of rotatable bonds is 3. The SMILES string of the molecule is Cc1cc(C(=O)Cc2ccccc2F)c(C)s1. The van der Waals surface area contributed by atoms with Crippen molar-refractivity contribution in [3.8, 4) is 0 Å². The monoisotopic (exact) mass is 248 g/mol. The molecule has 0 atom stereocenters. The zero-order valence-electron chi connectivity index (χ0n) is 9.79. The first-order chi connectivity index (χ1) is 8.08. The summed E-state index contributed by atoms with van der Waals surface area (Å²) in [5.41, 5.74) is 1.18. The van der Waals surface area contributed by atoms with Gasteiger partial charge < -0.3 is 0 Å². The van der Waals surface area contributed by atoms with Gasteiger partial charge in [-0.15, -0.1) is 11.3 Å². The molecule has 0 aliphatic heterocycles. The van der Waals surface area contributed by atoms with Crippen molar-refractivity contribution in [3.05, 3.63) is 57.0 Å². The first-order valence-electron chi connectivity index (χ1n) is 5.41. The molecule has 0 unspecified atom stereocenters. The topological polar surface area (TPSA) is 17.1 Å². The van der Waals surface area contributed by atoms with E-state index in [1.807, 2.05) is 19.9 Å². The number of carbonyl (C=O) groups is 1. The van der Waals surface area contributed by atoms with E-state index in [0.29, 0.717) is 5.56 Å². The van der Waals surface area contributed by atoms with E-state index >= 15 is 0 Å². The molecule has 17 heavy (non-hydrogen) atoms. The van der Waals surface area contributed by atoms with Gasteiger partial charge in [-0.3, -0.25) is 4.79 Å². The summed E-state index contributed by atoms with van der Waals surface area (Å²) in [5, 5.41) is 0. The van der Waals surface area contributed by atoms with Crippen LogP contribution in [0, 0.1) is 19.7 Å². The summed E-state index contributed by atoms with van der Waals surface area (Å²) in [6.07, 6.45) is 0.129. The minimum Gasteiger partial charge on any atom is -0.294 e. The Balaban J connectivity index is 2.23. The molecule has 0 aliphatic carbocycles. The van der Waals surface area contributed by atoms with E-state index < -0.39 is 0 Å². The van der Waals surface area contributed by atoms with Gasteiger partial charge >= 0.3 is 0 Å². The molecule has 2 aromatic rings. The van der Waals surface area contributed by atoms with Crippen LogP contribution in [0.5, 0.6) is 0 Å². The smallest absolute Gasteiger partial charge is 0.168 e. The van der Waals surface area contributed by atoms with Crippen LogP contribution in [-0.4, -0.2) is 5.78 Å². The number of halogens is 1. The fourth-order valence-corrected chi connectivity index (χ4v) is 2.76. The highest BCUT2D eigenvalue weighted by molar-refractivity contribution is 7.12. The predicted octanol–water partition coefficient (Wildman–Crippen LogP) is 3.93. The second-order valence-electron chi connectivity index (χ2n) is 4.02. The van der Waals surface area contributed by atoms with Crippen molar-refractivity contribution in [3.63, 3.8) is 0 Å². The lowest BCUT2D eigenvalue weighted by Gasteiger charge is -2.02. The maximum Gasteiger partial charge on any atom is 0.168 e. The first kappa shape index (κ1) is 12.0. The molecule has 2 rings (SSSR count). The quantitative estimate of drug-likeness (QED) is 0.752. The van der Waals surface area contributed by atoms with Crippen molar-refractivity contribution < 1.29 is 9.18 Å². The van der Waals surface area contributed by atoms with Crippen molar-refractivity contribution in [2.45, 2.75) is 20.3 Å². The van der Waals surface area contributed by atoms with Crippen molar-refractivity contribution in [2.24, 2.45) is 0 Å². The van der Waals surface area contributed by atoms with E-state index in [1.165, 1.54) is 6.07 Å². The van der Waals surface area contributed by atoms with E-state index in [9.17, 15) is 9.18 Å². The summed E-state index contributed by atoms with van der Waals surface area (Å²) in [7, 11) is 0. The number of hydrogen-bond acceptors (Lipinski definition) is 2. The highest BCUT2D eigenvalue weighted by Crippen LogP contribution is 2.22. The molecule has 1 heterocycles. The molecule has 0 saturated carbocycles. The van der Waals surface area contributed by atoms with Gasteiger partial charge in [0.15, 0.2) is 5.78 Å². The molecule has 88 valence electrons. The van der Waals surface area contributed by atoms with Gasteiger partial charge in [0, 0.05) is 21.7 Å². The maximum atomic E-state index is 13.4. The molecule has 0 saturated heterocycles. The zero-order valence-corrected chi connectivity index (χ0v) is 10.6. The van der Waals surface area contributed by atoms with Gasteiger partial charge in [0.2, 0.25) is 0 Å². The molecule has 0 radical (unpaired) electrons. The van der Waals surface area contributed by atoms with Gasteiger partial charge in [-0.2, -0.15) is 0 Å². The van der Waals surface area contributed by atoms with E-state index in [2.05, 4.69) is 0 Å². The largest absolute Gasteiger partial charge is 0.294 e. The van der Waals surface area contributed by atoms with E-state index in [1.54, 1.807) is 29.5 Å². The zero-order chi connectivity index (χ0) is 12.4. The average molecular weight is 248 g/mol. The van der Waals surface area contributed by atoms with Crippen LogP contribution < -0.4 is 0 Å². The number of hydrogen-bond donors (Lipinski definition) is 0. The van der Waals surface area contributed by atoms with Crippen LogP contribution in [0.2, 0.25) is 0 Å². The molecule has 0 spiro atoms. The summed E-state index contributed by atoms with van der Waals surface area (Å²) < 4.78 is 13.4. The molecule has 1 aromatic carbocycles. The highest BCUT2D eigenvalue weighted by Gasteiger charge is 2.14. The first-order valence-corrected chi connectivity index (χ1v) is 6.23. The number of ketones is 1. The summed E-state index contributed by atoms with van der Waals surface area (Å²) >= 11 is 1.60. The number of aryl methyl sites for hydroxylation is 2. The van der Waals surface area contributed by atoms with Crippen molar-refractivity contribution >= 4 is 17.1 Å². The maximum absolute atomic E-state index is 13.4. The fourth-order valence-electron chi connectivity index (χ4n) is 1.82. The summed E-state index contributed by atoms with van der Waals surface area (Å²) in [6.45, 7) is 3.89. The fraction of sp³-hybridized carbons (Fsp3) is 0.214. The van der Waals surface area contributed by atoms with Crippen LogP contribution in [0.4, 0.5) is 4.39 Å². The third-order valence-electron chi connectivity index (χ3n) is 2.65. The lowest BCUT2D eigenvalue weighted by molar-refractivity contribution is 0.0991. The lowest BCUT2D eigenvalue weighted by atomic mass is 10.0. The second kappa shape index (κ2) is 4.80. The van der Waals surface area contributed by atoms with Crippen molar-refractivity contribution in [1.82, 2.24) is 0 Å². The minimum atomic E-state index is -0.314. The molecule has 3 heteroatoms. The van der Waals surface area contributed by atoms with Gasteiger partial charge in [-0.05, 0) is 31.5 Å². The van der Waals surface area contributed by atoms with Crippen LogP contribution in [0.1, 0.15) is 25.7 Å². The Morgan fingerprint density at radius 1 is 1.29 bits per heavy atom. The van der Waals surface area contributed by atoms with Crippen molar-refractivity contribution in [1.29, 1.82) is 0 Å². The Hall–Kier alpha value is -1.48. The van der Waals surface area contributed by atoms with Gasteiger partial charge in [0.1, 0.15) is 5.82 Å². The number of benzene rings is 1. The van der Waals surface area contributed by atoms with E-state index in [4.69, 9.17) is 0 Å². The molecular formula is C14H13FOS. The molecular weight excluding hydrogens is 235 g/mol. The molecule has 0 aliphatic rings. The minimum absolute atomic E-state index is 0.0167. The lowest BCUT2D eigenvalue weighted by Crippen LogP contribution is -2.05. The van der Waals surface area contributed by atoms with Crippen LogP contribution in [0.25, 0.3) is 0 Å². The highest BCUT2D eigenvalue weighted by atomic mass is 32.1. The van der Waals surface area contributed by atoms with Crippen LogP contribution in [-0.2, 0) is 6.42 Å². The van der Waals surface area contributed by atoms with E-state index in [0.717, 1.165) is 15.3 Å². The number of thiophene rings is 1. The van der Waals surface area contributed by atoms with Gasteiger partial charge in [0.25, 0.3) is 0 Å². The molecule has 1 nitrogen and oxygen atoms in total. The normalized spacial score (nSPS) is 10.5. The Morgan fingerprint density at radius 2 is 2.00 bits per heavy atom. The predicted molar refractivity (Wildman–Crippen MR) is 68.2 cm³/mol. The summed E-state index contributed by atoms with van der Waals surface area (Å²) in [4.78, 5) is 14.2. The number of Topliss-reactive ketones (excluding diaryl/α,β-unsaturated/α-hetero) is 1. The Bertz CT molecular complexity index is 557. The third-order valence-corrected chi connectivity index (χ3v) is 3.62. The van der Waals surface area contributed by atoms with Crippen molar-refractivity contribution in [2.75, 3.05) is 0 Å². The number of carbonyl (C=O) groups excluding carboxylic acids is 1. The third kappa shape index (κ3) is 2.61. The van der Waals surface area contributed by atoms with Crippen LogP contribution in [0.15, 0.2) is 30.3 Å². The standard InChI is InChI=1S/C14H13FOS/c1-9-7-12(10(2)17-9)14(16)8-11-5-3-4-6-13(11)15/h3-7H,8H2,1-2H3. The molecule has 1 aromatic heterocycles. The Morgan fingerprint density at radius 3 is 2.59 bits per heavy atom. The second-order valence-corrected chi connectivity index (χ2v) is 5.48. The molecule has 0 bridgehead atoms. The molecule has 0 amide bonds. The van der Waals surface area contributed by atoms with Crippen LogP contribution >= 0.6 is 11.3 Å². The molecule has 0 N–H and O–H groups in total. The van der Waals surface area contributed by atoms with Gasteiger partial charge in [-0.25, -0.2) is 4.39 Å². The van der Waals surface area contributed by atoms with Gasteiger partial charge in [-0.1, -0.05) is 18.2 Å². The summed E-state index contributed by atoms with van der Waals surface area (Å²) in [5.74, 6) is -0.331. The van der Waals surface area contributed by atoms with Crippen LogP contribution in [0.3, 0.4) is 0 Å². The Labute approximate surface area is 104 Å². The summed E-state index contributed by atoms with van der Waals surface area (Å²) in [6, 6.07) is 8.29.